The average Bonchev–Trinajstić information content (AvgIpc) is 3.75. The van der Waals surface area contributed by atoms with Crippen molar-refractivity contribution in [1.29, 1.82) is 0 Å². The number of benzene rings is 1. The van der Waals surface area contributed by atoms with Crippen molar-refractivity contribution in [3.05, 3.63) is 64.2 Å². The lowest BCUT2D eigenvalue weighted by Crippen LogP contribution is -2.39. The molecule has 0 fully saturated rings. The van der Waals surface area contributed by atoms with Gasteiger partial charge in [0.05, 0.1) is 32.5 Å². The molecule has 0 atom stereocenters. The third-order valence-corrected chi connectivity index (χ3v) is 10.2. The Bertz CT molecular complexity index is 2450. The molecule has 5 aromatic rings. The van der Waals surface area contributed by atoms with Crippen LogP contribution in [0.3, 0.4) is 0 Å². The number of pyridine rings is 1. The average molecular weight is 785 g/mol. The summed E-state index contributed by atoms with van der Waals surface area (Å²) in [6.45, 7) is 5.05. The fourth-order valence-corrected chi connectivity index (χ4v) is 7.71. The minimum Gasteiger partial charge on any atom is -0.481 e. The number of hydrogen-bond acceptors (Lipinski definition) is 13. The van der Waals surface area contributed by atoms with Crippen LogP contribution in [-0.2, 0) is 27.8 Å². The second-order valence-electron chi connectivity index (χ2n) is 12.1. The lowest BCUT2D eigenvalue weighted by atomic mass is 9.92. The maximum Gasteiger partial charge on any atom is 0.335 e. The monoisotopic (exact) mass is 784 g/mol. The van der Waals surface area contributed by atoms with Crippen LogP contribution in [0.1, 0.15) is 19.7 Å². The van der Waals surface area contributed by atoms with Crippen LogP contribution in [0.5, 0.6) is 17.5 Å². The van der Waals surface area contributed by atoms with E-state index in [1.165, 1.54) is 59.4 Å². The van der Waals surface area contributed by atoms with E-state index in [2.05, 4.69) is 49.4 Å². The number of sulfonamides is 1. The molecule has 0 saturated carbocycles. The van der Waals surface area contributed by atoms with Crippen LogP contribution in [0.2, 0.25) is 5.15 Å². The number of nitrogens with one attached hydrogen (secondary N) is 2. The number of rotatable bonds is 7. The molecule has 276 valence electrons. The van der Waals surface area contributed by atoms with Crippen LogP contribution in [0, 0.1) is 23.6 Å². The van der Waals surface area contributed by atoms with Crippen molar-refractivity contribution >= 4 is 68.1 Å². The van der Waals surface area contributed by atoms with Gasteiger partial charge in [0.2, 0.25) is 22.5 Å². The summed E-state index contributed by atoms with van der Waals surface area (Å²) in [5.41, 5.74) is 0.987. The maximum absolute atomic E-state index is 14.5. The number of aromatic nitrogens is 6. The molecule has 17 nitrogen and oxygen atoms in total. The molecule has 0 saturated heterocycles. The van der Waals surface area contributed by atoms with Crippen molar-refractivity contribution in [2.75, 3.05) is 37.6 Å². The van der Waals surface area contributed by atoms with E-state index in [4.69, 9.17) is 32.2 Å². The van der Waals surface area contributed by atoms with Crippen LogP contribution < -0.4 is 34.0 Å². The minimum absolute atomic E-state index is 0.0964. The van der Waals surface area contributed by atoms with Gasteiger partial charge in [-0.1, -0.05) is 37.4 Å². The highest BCUT2D eigenvalue weighted by Crippen LogP contribution is 2.37. The molecule has 2 aliphatic heterocycles. The minimum atomic E-state index is -4.34. The number of imidazole rings is 1. The molecule has 3 amide bonds. The standard InChI is InChI=1S/C18H17FN4O2S.C14H13ClN6O5S/c1-4-5-22-13-7-12(11(19)6-14(13)25-9-16(22)24)20-17-23-10-18(2,3)8-15(23)21-26-17;1-25-9-7-10(26-2)18-13(17-9)19-14(22)20-27(23,24)12-11(15)16-8-5-3-4-6-21(8)12/h1,6-7H,5,8-10H2,2-3H3;3-7H,1-2H3,(H2,17,18,19,20,22)/b20-17-;. The van der Waals surface area contributed by atoms with Gasteiger partial charge in [-0.25, -0.2) is 23.9 Å². The lowest BCUT2D eigenvalue weighted by Gasteiger charge is -2.28. The zero-order valence-corrected chi connectivity index (χ0v) is 30.8. The second kappa shape index (κ2) is 14.7. The van der Waals surface area contributed by atoms with Crippen molar-refractivity contribution in [2.24, 2.45) is 10.4 Å². The Hall–Kier alpha value is -5.78. The van der Waals surface area contributed by atoms with E-state index in [0.29, 0.717) is 21.9 Å². The van der Waals surface area contributed by atoms with Gasteiger partial charge in [-0.05, 0) is 23.6 Å². The molecule has 0 aliphatic carbocycles. The van der Waals surface area contributed by atoms with Gasteiger partial charge in [0.15, 0.2) is 22.6 Å². The van der Waals surface area contributed by atoms with Crippen LogP contribution in [0.25, 0.3) is 5.65 Å². The quantitative estimate of drug-likeness (QED) is 0.229. The van der Waals surface area contributed by atoms with Crippen molar-refractivity contribution in [2.45, 2.75) is 31.8 Å². The summed E-state index contributed by atoms with van der Waals surface area (Å²) in [5, 5.41) is 1.54. The largest absolute Gasteiger partial charge is 0.481 e. The fourth-order valence-electron chi connectivity index (χ4n) is 5.40. The highest BCUT2D eigenvalue weighted by atomic mass is 35.5. The topological polar surface area (TPSA) is 197 Å². The van der Waals surface area contributed by atoms with Gasteiger partial charge < -0.3 is 18.8 Å². The summed E-state index contributed by atoms with van der Waals surface area (Å²) < 4.78 is 64.4. The third-order valence-electron chi connectivity index (χ3n) is 7.69. The molecular weight excluding hydrogens is 755 g/mol. The van der Waals surface area contributed by atoms with E-state index < -0.39 is 21.9 Å². The Morgan fingerprint density at radius 3 is 2.62 bits per heavy atom. The number of anilines is 2. The first-order valence-corrected chi connectivity index (χ1v) is 18.1. The van der Waals surface area contributed by atoms with Crippen LogP contribution in [0.15, 0.2) is 52.6 Å². The molecule has 4 aromatic heterocycles. The smallest absolute Gasteiger partial charge is 0.335 e. The van der Waals surface area contributed by atoms with E-state index in [-0.39, 0.29) is 58.0 Å². The number of nitrogens with zero attached hydrogens (tertiary/aromatic N) is 8. The van der Waals surface area contributed by atoms with Crippen molar-refractivity contribution in [1.82, 2.24) is 33.0 Å². The van der Waals surface area contributed by atoms with E-state index in [9.17, 15) is 22.4 Å². The van der Waals surface area contributed by atoms with Gasteiger partial charge in [0.25, 0.3) is 15.9 Å². The predicted molar refractivity (Wildman–Crippen MR) is 191 cm³/mol. The van der Waals surface area contributed by atoms with Crippen molar-refractivity contribution in [3.8, 4) is 29.9 Å². The Labute approximate surface area is 310 Å². The van der Waals surface area contributed by atoms with Gasteiger partial charge >= 0.3 is 6.03 Å². The fraction of sp³-hybridized carbons (Fsp3) is 0.281. The highest BCUT2D eigenvalue weighted by Gasteiger charge is 2.31. The van der Waals surface area contributed by atoms with Gasteiger partial charge in [-0.2, -0.15) is 22.8 Å². The van der Waals surface area contributed by atoms with Crippen LogP contribution in [-0.4, -0.2) is 76.0 Å². The lowest BCUT2D eigenvalue weighted by molar-refractivity contribution is -0.121. The molecule has 6 heterocycles. The molecule has 0 radical (unpaired) electrons. The highest BCUT2D eigenvalue weighted by molar-refractivity contribution is 7.90. The number of carbonyl (C=O) groups is 2. The Morgan fingerprint density at radius 2 is 1.92 bits per heavy atom. The van der Waals surface area contributed by atoms with Crippen LogP contribution >= 0.6 is 23.1 Å². The van der Waals surface area contributed by atoms with Gasteiger partial charge in [-0.15, -0.1) is 6.42 Å². The molecule has 0 bridgehead atoms. The molecular formula is C32H30ClFN10O7S2. The number of ether oxygens (including phenoxy) is 3. The molecule has 53 heavy (non-hydrogen) atoms. The van der Waals surface area contributed by atoms with Crippen molar-refractivity contribution in [3.63, 3.8) is 0 Å². The SMILES string of the molecule is C#CCN1C(=O)COc2cc(F)c(/N=c3\snc4n3CC(C)(C)C4)cc21.COc1cc(OC)nc(NC(=O)NS(=O)(=O)c2c(Cl)nc3ccccn23)n1. The third kappa shape index (κ3) is 7.86. The first kappa shape index (κ1) is 37.0. The molecule has 2 aliphatic rings. The summed E-state index contributed by atoms with van der Waals surface area (Å²) in [5.74, 6) is 2.93. The number of terminal acetylenes is 1. The van der Waals surface area contributed by atoms with Gasteiger partial charge in [0.1, 0.15) is 22.9 Å². The summed E-state index contributed by atoms with van der Waals surface area (Å²) >= 11 is 7.18. The first-order valence-electron chi connectivity index (χ1n) is 15.5. The molecule has 1 aromatic carbocycles. The summed E-state index contributed by atoms with van der Waals surface area (Å²) in [6, 6.07) is 7.88. The van der Waals surface area contributed by atoms with E-state index in [0.717, 1.165) is 18.8 Å². The van der Waals surface area contributed by atoms with Crippen LogP contribution in [0.4, 0.5) is 26.5 Å². The summed E-state index contributed by atoms with van der Waals surface area (Å²) in [6.07, 6.45) is 7.67. The number of amides is 3. The number of methoxy groups -OCH3 is 2. The molecule has 0 spiro atoms. The van der Waals surface area contributed by atoms with Gasteiger partial charge in [0, 0.05) is 36.8 Å². The Kier molecular flexibility index (Phi) is 10.3. The first-order chi connectivity index (χ1) is 25.2. The van der Waals surface area contributed by atoms with E-state index in [1.807, 2.05) is 9.29 Å². The molecule has 7 rings (SSSR count). The number of urea groups is 1. The number of halogens is 2. The maximum atomic E-state index is 14.5. The number of fused-ring (bicyclic) bond motifs is 3. The van der Waals surface area contributed by atoms with Gasteiger partial charge in [-0.3, -0.25) is 19.4 Å². The summed E-state index contributed by atoms with van der Waals surface area (Å²) in [4.78, 5) is 42.4. The molecule has 0 unspecified atom stereocenters. The predicted octanol–water partition coefficient (Wildman–Crippen LogP) is 3.56. The Morgan fingerprint density at radius 1 is 1.19 bits per heavy atom. The Balaban J connectivity index is 0.000000181. The second-order valence-corrected chi connectivity index (χ2v) is 14.8. The number of carbonyl (C=O) groups excluding carboxylic acids is 2. The zero-order valence-electron chi connectivity index (χ0n) is 28.5. The molecule has 2 N–H and O–H groups in total. The van der Waals surface area contributed by atoms with E-state index >= 15 is 0 Å². The van der Waals surface area contributed by atoms with Crippen molar-refractivity contribution < 1.29 is 36.6 Å². The zero-order chi connectivity index (χ0) is 38.1. The summed E-state index contributed by atoms with van der Waals surface area (Å²) in [7, 11) is -1.61. The number of hydrogen-bond donors (Lipinski definition) is 2. The van der Waals surface area contributed by atoms with E-state index in [1.54, 1.807) is 18.2 Å². The molecule has 21 heteroatoms. The normalized spacial score (nSPS) is 14.7.